The summed E-state index contributed by atoms with van der Waals surface area (Å²) in [5.41, 5.74) is 0. The molecule has 5 heteroatoms. The lowest BCUT2D eigenvalue weighted by atomic mass is 10.4. The maximum absolute atomic E-state index is 11.7. The van der Waals surface area contributed by atoms with Gasteiger partial charge in [0.1, 0.15) is 0 Å². The highest BCUT2D eigenvalue weighted by atomic mass is 16.2. The topological polar surface area (TPSA) is 56.7 Å². The molecule has 1 amide bonds. The van der Waals surface area contributed by atoms with E-state index in [2.05, 4.69) is 15.6 Å². The Balaban J connectivity index is 2.27. The molecule has 1 saturated carbocycles. The highest BCUT2D eigenvalue weighted by Crippen LogP contribution is 2.18. The van der Waals surface area contributed by atoms with Crippen molar-refractivity contribution in [3.05, 3.63) is 0 Å². The van der Waals surface area contributed by atoms with Crippen molar-refractivity contribution in [1.82, 2.24) is 15.5 Å². The van der Waals surface area contributed by atoms with Crippen LogP contribution in [0, 0.1) is 0 Å². The van der Waals surface area contributed by atoms with Crippen molar-refractivity contribution in [3.8, 4) is 0 Å². The lowest BCUT2D eigenvalue weighted by molar-refractivity contribution is -0.129. The molecule has 0 aromatic carbocycles. The summed E-state index contributed by atoms with van der Waals surface area (Å²) < 4.78 is 0. The van der Waals surface area contributed by atoms with Crippen molar-refractivity contribution in [2.45, 2.75) is 32.7 Å². The number of carbonyl (C=O) groups is 1. The number of amides is 1. The predicted octanol–water partition coefficient (Wildman–Crippen LogP) is 0.182. The monoisotopic (exact) mass is 226 g/mol. The molecule has 0 unspecified atom stereocenters. The van der Waals surface area contributed by atoms with E-state index in [4.69, 9.17) is 0 Å². The average molecular weight is 226 g/mol. The van der Waals surface area contributed by atoms with Crippen molar-refractivity contribution >= 4 is 11.9 Å². The van der Waals surface area contributed by atoms with Gasteiger partial charge in [0.25, 0.3) is 0 Å². The van der Waals surface area contributed by atoms with Gasteiger partial charge in [0.15, 0.2) is 5.96 Å². The van der Waals surface area contributed by atoms with Crippen LogP contribution >= 0.6 is 0 Å². The second kappa shape index (κ2) is 6.35. The smallest absolute Gasteiger partial charge is 0.241 e. The standard InChI is InChI=1S/C11H22N4O/c1-4-15(5-2)10(16)8-13-11(12-3)14-9-6-7-9/h9H,4-8H2,1-3H3,(H2,12,13,14). The minimum absolute atomic E-state index is 0.115. The fourth-order valence-electron chi connectivity index (χ4n) is 1.46. The van der Waals surface area contributed by atoms with Crippen LogP contribution in [0.3, 0.4) is 0 Å². The SMILES string of the molecule is CCN(CC)C(=O)CNC(=NC)NC1CC1. The minimum atomic E-state index is 0.115. The molecule has 1 aliphatic carbocycles. The van der Waals surface area contributed by atoms with Gasteiger partial charge >= 0.3 is 0 Å². The highest BCUT2D eigenvalue weighted by molar-refractivity contribution is 5.86. The molecule has 0 aromatic rings. The first-order valence-electron chi connectivity index (χ1n) is 5.96. The van der Waals surface area contributed by atoms with Gasteiger partial charge in [-0.3, -0.25) is 9.79 Å². The van der Waals surface area contributed by atoms with E-state index in [0.29, 0.717) is 12.6 Å². The van der Waals surface area contributed by atoms with E-state index in [1.165, 1.54) is 12.8 Å². The first-order chi connectivity index (χ1) is 7.71. The summed E-state index contributed by atoms with van der Waals surface area (Å²) >= 11 is 0. The Hall–Kier alpha value is -1.26. The molecule has 1 aliphatic rings. The lowest BCUT2D eigenvalue weighted by Crippen LogP contribution is -2.45. The van der Waals surface area contributed by atoms with Crippen LogP contribution in [0.1, 0.15) is 26.7 Å². The van der Waals surface area contributed by atoms with Crippen molar-refractivity contribution in [2.75, 3.05) is 26.7 Å². The molecule has 16 heavy (non-hydrogen) atoms. The zero-order chi connectivity index (χ0) is 12.0. The van der Waals surface area contributed by atoms with Gasteiger partial charge in [0, 0.05) is 26.2 Å². The van der Waals surface area contributed by atoms with Gasteiger partial charge in [0.2, 0.25) is 5.91 Å². The van der Waals surface area contributed by atoms with Crippen LogP contribution in [-0.2, 0) is 4.79 Å². The molecule has 1 fully saturated rings. The maximum Gasteiger partial charge on any atom is 0.241 e. The van der Waals surface area contributed by atoms with Crippen LogP contribution in [0.2, 0.25) is 0 Å². The Morgan fingerprint density at radius 1 is 1.38 bits per heavy atom. The summed E-state index contributed by atoms with van der Waals surface area (Å²) in [4.78, 5) is 17.6. The number of hydrogen-bond donors (Lipinski definition) is 2. The molecule has 2 N–H and O–H groups in total. The zero-order valence-corrected chi connectivity index (χ0v) is 10.4. The van der Waals surface area contributed by atoms with Crippen molar-refractivity contribution in [3.63, 3.8) is 0 Å². The van der Waals surface area contributed by atoms with Crippen LogP contribution in [0.15, 0.2) is 4.99 Å². The summed E-state index contributed by atoms with van der Waals surface area (Å²) in [5, 5.41) is 6.28. The minimum Gasteiger partial charge on any atom is -0.354 e. The number of hydrogen-bond acceptors (Lipinski definition) is 2. The number of guanidine groups is 1. The molecule has 1 rings (SSSR count). The Morgan fingerprint density at radius 2 is 2.00 bits per heavy atom. The molecule has 5 nitrogen and oxygen atoms in total. The van der Waals surface area contributed by atoms with Crippen LogP contribution in [0.5, 0.6) is 0 Å². The third-order valence-corrected chi connectivity index (χ3v) is 2.67. The average Bonchev–Trinajstić information content (AvgIpc) is 3.09. The predicted molar refractivity (Wildman–Crippen MR) is 65.4 cm³/mol. The molecule has 0 saturated heterocycles. The van der Waals surface area contributed by atoms with E-state index < -0.39 is 0 Å². The van der Waals surface area contributed by atoms with E-state index in [0.717, 1.165) is 19.0 Å². The Bertz CT molecular complexity index is 257. The van der Waals surface area contributed by atoms with Crippen LogP contribution in [-0.4, -0.2) is 49.5 Å². The molecule has 0 bridgehead atoms. The zero-order valence-electron chi connectivity index (χ0n) is 10.4. The number of nitrogens with zero attached hydrogens (tertiary/aromatic N) is 2. The van der Waals surface area contributed by atoms with Crippen molar-refractivity contribution < 1.29 is 4.79 Å². The first-order valence-corrected chi connectivity index (χ1v) is 5.96. The number of nitrogens with one attached hydrogen (secondary N) is 2. The van der Waals surface area contributed by atoms with E-state index >= 15 is 0 Å². The fourth-order valence-corrected chi connectivity index (χ4v) is 1.46. The molecular weight excluding hydrogens is 204 g/mol. The van der Waals surface area contributed by atoms with Gasteiger partial charge in [-0.15, -0.1) is 0 Å². The Kier molecular flexibility index (Phi) is 5.08. The number of rotatable bonds is 5. The molecule has 0 aliphatic heterocycles. The molecule has 0 radical (unpaired) electrons. The third kappa shape index (κ3) is 4.08. The molecule has 0 atom stereocenters. The van der Waals surface area contributed by atoms with E-state index in [1.54, 1.807) is 11.9 Å². The second-order valence-electron chi connectivity index (χ2n) is 3.91. The Labute approximate surface area is 97.3 Å². The van der Waals surface area contributed by atoms with Crippen LogP contribution in [0.25, 0.3) is 0 Å². The van der Waals surface area contributed by atoms with Gasteiger partial charge in [-0.05, 0) is 26.7 Å². The maximum atomic E-state index is 11.7. The van der Waals surface area contributed by atoms with Gasteiger partial charge in [-0.25, -0.2) is 0 Å². The molecule has 0 spiro atoms. The van der Waals surface area contributed by atoms with Crippen LogP contribution in [0.4, 0.5) is 0 Å². The number of likely N-dealkylation sites (N-methyl/N-ethyl adjacent to an activating group) is 1. The van der Waals surface area contributed by atoms with E-state index in [9.17, 15) is 4.79 Å². The third-order valence-electron chi connectivity index (χ3n) is 2.67. The van der Waals surface area contributed by atoms with Gasteiger partial charge < -0.3 is 15.5 Å². The van der Waals surface area contributed by atoms with Gasteiger partial charge in [-0.2, -0.15) is 0 Å². The number of aliphatic imine (C=N–C) groups is 1. The van der Waals surface area contributed by atoms with Gasteiger partial charge in [-0.1, -0.05) is 0 Å². The first kappa shape index (κ1) is 12.8. The van der Waals surface area contributed by atoms with Gasteiger partial charge in [0.05, 0.1) is 6.54 Å². The van der Waals surface area contributed by atoms with Crippen LogP contribution < -0.4 is 10.6 Å². The Morgan fingerprint density at radius 3 is 2.44 bits per heavy atom. The summed E-state index contributed by atoms with van der Waals surface area (Å²) in [6.07, 6.45) is 2.40. The second-order valence-corrected chi connectivity index (χ2v) is 3.91. The molecule has 92 valence electrons. The van der Waals surface area contributed by atoms with Crippen molar-refractivity contribution in [1.29, 1.82) is 0 Å². The van der Waals surface area contributed by atoms with E-state index in [-0.39, 0.29) is 5.91 Å². The quantitative estimate of drug-likeness (QED) is 0.519. The summed E-state index contributed by atoms with van der Waals surface area (Å²) in [6, 6.07) is 0.551. The normalized spacial score (nSPS) is 15.8. The number of carbonyl (C=O) groups excluding carboxylic acids is 1. The fraction of sp³-hybridized carbons (Fsp3) is 0.818. The molecule has 0 heterocycles. The highest BCUT2D eigenvalue weighted by Gasteiger charge is 2.22. The summed E-state index contributed by atoms with van der Waals surface area (Å²) in [5.74, 6) is 0.840. The van der Waals surface area contributed by atoms with Crippen molar-refractivity contribution in [2.24, 2.45) is 4.99 Å². The summed E-state index contributed by atoms with van der Waals surface area (Å²) in [6.45, 7) is 5.79. The van der Waals surface area contributed by atoms with E-state index in [1.807, 2.05) is 13.8 Å². The lowest BCUT2D eigenvalue weighted by Gasteiger charge is -2.19. The molecule has 0 aromatic heterocycles. The largest absolute Gasteiger partial charge is 0.354 e. The summed E-state index contributed by atoms with van der Waals surface area (Å²) in [7, 11) is 1.72. The molecular formula is C11H22N4O.